The lowest BCUT2D eigenvalue weighted by molar-refractivity contribution is -0.186. The molecule has 0 aromatic carbocycles. The number of hydrogen-bond acceptors (Lipinski definition) is 1. The van der Waals surface area contributed by atoms with Crippen LogP contribution in [-0.2, 0) is 4.79 Å². The van der Waals surface area contributed by atoms with Crippen molar-refractivity contribution in [3.63, 3.8) is 0 Å². The second kappa shape index (κ2) is 5.84. The van der Waals surface area contributed by atoms with E-state index in [2.05, 4.69) is 0 Å². The Morgan fingerprint density at radius 3 is 2.50 bits per heavy atom. The fourth-order valence-electron chi connectivity index (χ4n) is 1.41. The number of allylic oxidation sites excluding steroid dienone is 5. The highest BCUT2D eigenvalue weighted by atomic mass is 19.4. The molecule has 0 radical (unpaired) electrons. The van der Waals surface area contributed by atoms with Crippen molar-refractivity contribution in [2.24, 2.45) is 0 Å². The molecule has 1 aliphatic heterocycles. The number of hydrogen-bond donors (Lipinski definition) is 0. The van der Waals surface area contributed by atoms with Crippen molar-refractivity contribution in [1.82, 2.24) is 4.90 Å². The predicted octanol–water partition coefficient (Wildman–Crippen LogP) is 3.14. The molecule has 18 heavy (non-hydrogen) atoms. The Morgan fingerprint density at radius 1 is 1.39 bits per heavy atom. The molecule has 1 amide bonds. The van der Waals surface area contributed by atoms with E-state index < -0.39 is 12.1 Å². The maximum atomic E-state index is 13.1. The van der Waals surface area contributed by atoms with Crippen molar-refractivity contribution >= 4 is 5.91 Å². The van der Waals surface area contributed by atoms with E-state index >= 15 is 0 Å². The van der Waals surface area contributed by atoms with Crippen LogP contribution in [0.15, 0.2) is 35.7 Å². The van der Waals surface area contributed by atoms with Crippen molar-refractivity contribution in [3.05, 3.63) is 35.7 Å². The molecule has 0 atom stereocenters. The van der Waals surface area contributed by atoms with E-state index in [0.29, 0.717) is 10.5 Å². The lowest BCUT2D eigenvalue weighted by atomic mass is 10.1. The summed E-state index contributed by atoms with van der Waals surface area (Å²) >= 11 is 0. The van der Waals surface area contributed by atoms with Gasteiger partial charge in [-0.05, 0) is 18.6 Å². The van der Waals surface area contributed by atoms with Crippen LogP contribution in [-0.4, -0.2) is 30.1 Å². The summed E-state index contributed by atoms with van der Waals surface area (Å²) in [6.45, 7) is 1.60. The fraction of sp³-hybridized carbons (Fsp3) is 0.417. The highest BCUT2D eigenvalue weighted by Gasteiger charge is 2.45. The maximum absolute atomic E-state index is 13.1. The summed E-state index contributed by atoms with van der Waals surface area (Å²) < 4.78 is 49.1. The molecule has 6 heteroatoms. The van der Waals surface area contributed by atoms with Gasteiger partial charge in [0.15, 0.2) is 0 Å². The maximum Gasteiger partial charge on any atom is 0.471 e. The average molecular weight is 263 g/mol. The number of alkyl halides is 3. The van der Waals surface area contributed by atoms with Crippen LogP contribution in [0.3, 0.4) is 0 Å². The molecule has 0 unspecified atom stereocenters. The summed E-state index contributed by atoms with van der Waals surface area (Å²) in [6, 6.07) is 0. The van der Waals surface area contributed by atoms with E-state index in [0.717, 1.165) is 0 Å². The molecular weight excluding hydrogens is 250 g/mol. The first kappa shape index (κ1) is 14.5. The number of likely N-dealkylation sites (tertiary alicyclic amines) is 1. The molecule has 1 rings (SSSR count). The Balaban J connectivity index is 2.41. The van der Waals surface area contributed by atoms with Crippen LogP contribution in [0.4, 0.5) is 17.6 Å². The van der Waals surface area contributed by atoms with E-state index in [9.17, 15) is 22.4 Å². The second-order valence-electron chi connectivity index (χ2n) is 3.86. The van der Waals surface area contributed by atoms with Gasteiger partial charge in [-0.15, -0.1) is 0 Å². The zero-order chi connectivity index (χ0) is 13.8. The van der Waals surface area contributed by atoms with Crippen LogP contribution in [0.5, 0.6) is 0 Å². The predicted molar refractivity (Wildman–Crippen MR) is 59.3 cm³/mol. The van der Waals surface area contributed by atoms with Gasteiger partial charge in [0.1, 0.15) is 5.83 Å². The molecule has 2 nitrogen and oxygen atoms in total. The highest BCUT2D eigenvalue weighted by Crippen LogP contribution is 2.25. The molecule has 0 N–H and O–H groups in total. The minimum absolute atomic E-state index is 0.0354. The van der Waals surface area contributed by atoms with Gasteiger partial charge in [-0.2, -0.15) is 13.2 Å². The SMILES string of the molecule is C/C=C\C=C(/F)CC=C1CN(C(=O)C(F)(F)F)C1. The van der Waals surface area contributed by atoms with Crippen molar-refractivity contribution in [2.45, 2.75) is 19.5 Å². The van der Waals surface area contributed by atoms with Crippen molar-refractivity contribution in [1.29, 1.82) is 0 Å². The van der Waals surface area contributed by atoms with Gasteiger partial charge in [0.25, 0.3) is 0 Å². The molecule has 1 aliphatic rings. The van der Waals surface area contributed by atoms with E-state index in [4.69, 9.17) is 0 Å². The van der Waals surface area contributed by atoms with Crippen LogP contribution >= 0.6 is 0 Å². The van der Waals surface area contributed by atoms with Crippen molar-refractivity contribution < 1.29 is 22.4 Å². The van der Waals surface area contributed by atoms with Crippen LogP contribution in [0.25, 0.3) is 0 Å². The van der Waals surface area contributed by atoms with Gasteiger partial charge < -0.3 is 4.90 Å². The Kier molecular flexibility index (Phi) is 4.69. The monoisotopic (exact) mass is 263 g/mol. The molecule has 1 heterocycles. The lowest BCUT2D eigenvalue weighted by Gasteiger charge is -2.34. The minimum atomic E-state index is -4.83. The van der Waals surface area contributed by atoms with Crippen LogP contribution in [0.2, 0.25) is 0 Å². The Morgan fingerprint density at radius 2 is 2.00 bits per heavy atom. The van der Waals surface area contributed by atoms with Gasteiger partial charge in [0.05, 0.1) is 0 Å². The number of carbonyl (C=O) groups is 1. The molecule has 0 bridgehead atoms. The van der Waals surface area contributed by atoms with E-state index in [1.54, 1.807) is 13.0 Å². The molecule has 1 saturated heterocycles. The number of amides is 1. The third-order valence-corrected chi connectivity index (χ3v) is 2.37. The molecule has 0 aromatic heterocycles. The first-order valence-electron chi connectivity index (χ1n) is 5.36. The number of rotatable bonds is 3. The van der Waals surface area contributed by atoms with Crippen molar-refractivity contribution in [3.8, 4) is 0 Å². The molecular formula is C12H13F4NO. The zero-order valence-electron chi connectivity index (χ0n) is 9.80. The largest absolute Gasteiger partial charge is 0.471 e. The van der Waals surface area contributed by atoms with Crippen LogP contribution in [0, 0.1) is 0 Å². The summed E-state index contributed by atoms with van der Waals surface area (Å²) in [4.78, 5) is 11.4. The third kappa shape index (κ3) is 4.01. The van der Waals surface area contributed by atoms with E-state index in [-0.39, 0.29) is 25.3 Å². The van der Waals surface area contributed by atoms with Gasteiger partial charge in [0, 0.05) is 19.5 Å². The standard InChI is InChI=1S/C12H13F4NO/c1-2-3-4-10(13)6-5-9-7-17(8-9)11(18)12(14,15)16/h2-5H,6-8H2,1H3/b3-2-,10-4-. The molecule has 0 spiro atoms. The summed E-state index contributed by atoms with van der Waals surface area (Å²) in [6.07, 6.45) is 1.20. The topological polar surface area (TPSA) is 20.3 Å². The van der Waals surface area contributed by atoms with Gasteiger partial charge in [-0.3, -0.25) is 4.79 Å². The number of carbonyl (C=O) groups excluding carboxylic acids is 1. The summed E-state index contributed by atoms with van der Waals surface area (Å²) in [5.41, 5.74) is 0.636. The van der Waals surface area contributed by atoms with Gasteiger partial charge in [-0.25, -0.2) is 4.39 Å². The Hall–Kier alpha value is -1.59. The van der Waals surface area contributed by atoms with Gasteiger partial charge >= 0.3 is 12.1 Å². The van der Waals surface area contributed by atoms with Crippen LogP contribution in [0.1, 0.15) is 13.3 Å². The van der Waals surface area contributed by atoms with E-state index in [1.165, 1.54) is 18.2 Å². The summed E-state index contributed by atoms with van der Waals surface area (Å²) in [5.74, 6) is -2.22. The molecule has 1 fully saturated rings. The molecule has 0 saturated carbocycles. The molecule has 0 aromatic rings. The van der Waals surface area contributed by atoms with E-state index in [1.807, 2.05) is 0 Å². The smallest absolute Gasteiger partial charge is 0.327 e. The number of halogens is 4. The Labute approximate surface area is 102 Å². The van der Waals surface area contributed by atoms with Crippen molar-refractivity contribution in [2.75, 3.05) is 13.1 Å². The summed E-state index contributed by atoms with van der Waals surface area (Å²) in [5, 5.41) is 0. The first-order chi connectivity index (χ1) is 8.34. The molecule has 100 valence electrons. The average Bonchev–Trinajstić information content (AvgIpc) is 2.22. The fourth-order valence-corrected chi connectivity index (χ4v) is 1.41. The molecule has 0 aliphatic carbocycles. The normalized spacial score (nSPS) is 17.1. The minimum Gasteiger partial charge on any atom is -0.327 e. The quantitative estimate of drug-likeness (QED) is 0.435. The Bertz CT molecular complexity index is 399. The first-order valence-corrected chi connectivity index (χ1v) is 5.36. The van der Waals surface area contributed by atoms with Gasteiger partial charge in [-0.1, -0.05) is 18.2 Å². The number of nitrogens with zero attached hydrogens (tertiary/aromatic N) is 1. The second-order valence-corrected chi connectivity index (χ2v) is 3.86. The summed E-state index contributed by atoms with van der Waals surface area (Å²) in [7, 11) is 0. The van der Waals surface area contributed by atoms with Crippen LogP contribution < -0.4 is 0 Å². The van der Waals surface area contributed by atoms with Gasteiger partial charge in [0.2, 0.25) is 0 Å². The lowest BCUT2D eigenvalue weighted by Crippen LogP contribution is -2.50. The third-order valence-electron chi connectivity index (χ3n) is 2.37. The zero-order valence-corrected chi connectivity index (χ0v) is 9.80. The highest BCUT2D eigenvalue weighted by molar-refractivity contribution is 5.83.